The Kier molecular flexibility index (Phi) is 8.98. The van der Waals surface area contributed by atoms with E-state index in [0.29, 0.717) is 18.6 Å². The van der Waals surface area contributed by atoms with Crippen LogP contribution < -0.4 is 10.6 Å². The SMILES string of the molecule is CCC(C)[C@H](NC(=O)OCC1c2ccccc2-c2ccccc21)C(=O)NC(CCSC)C(=O)O. The molecule has 3 N–H and O–H groups in total. The van der Waals surface area contributed by atoms with E-state index in [2.05, 4.69) is 22.8 Å². The molecular formula is C26H32N2O5S. The van der Waals surface area contributed by atoms with Gasteiger partial charge in [0.2, 0.25) is 5.91 Å². The van der Waals surface area contributed by atoms with Crippen LogP contribution in [0.5, 0.6) is 0 Å². The number of thioether (sulfide) groups is 1. The number of fused-ring (bicyclic) bond motifs is 3. The molecule has 3 atom stereocenters. The molecule has 34 heavy (non-hydrogen) atoms. The Morgan fingerprint density at radius 1 is 1.03 bits per heavy atom. The molecule has 2 amide bonds. The smallest absolute Gasteiger partial charge is 0.407 e. The molecule has 0 bridgehead atoms. The van der Waals surface area contributed by atoms with Crippen LogP contribution in [-0.2, 0) is 14.3 Å². The molecule has 0 radical (unpaired) electrons. The third kappa shape index (κ3) is 5.91. The summed E-state index contributed by atoms with van der Waals surface area (Å²) >= 11 is 1.51. The number of alkyl carbamates (subject to hydrolysis) is 1. The standard InChI is InChI=1S/C26H32N2O5S/c1-4-16(2)23(24(29)27-22(25(30)31)13-14-34-3)28-26(32)33-15-21-19-11-7-5-9-17(19)18-10-6-8-12-20(18)21/h5-12,16,21-23H,4,13-15H2,1-3H3,(H,27,29)(H,28,32)(H,30,31)/t16?,22?,23-/m0/s1. The molecule has 1 aliphatic carbocycles. The maximum atomic E-state index is 12.9. The fourth-order valence-corrected chi connectivity index (χ4v) is 4.69. The highest BCUT2D eigenvalue weighted by atomic mass is 32.2. The molecule has 8 heteroatoms. The van der Waals surface area contributed by atoms with Gasteiger partial charge >= 0.3 is 12.1 Å². The first-order valence-corrected chi connectivity index (χ1v) is 12.9. The fourth-order valence-electron chi connectivity index (χ4n) is 4.22. The van der Waals surface area contributed by atoms with E-state index in [1.54, 1.807) is 0 Å². The lowest BCUT2D eigenvalue weighted by Gasteiger charge is -2.25. The monoisotopic (exact) mass is 484 g/mol. The number of hydrogen-bond donors (Lipinski definition) is 3. The van der Waals surface area contributed by atoms with Gasteiger partial charge in [0.05, 0.1) is 0 Å². The number of carbonyl (C=O) groups excluding carboxylic acids is 2. The summed E-state index contributed by atoms with van der Waals surface area (Å²) < 4.78 is 5.58. The minimum absolute atomic E-state index is 0.0861. The highest BCUT2D eigenvalue weighted by Gasteiger charge is 2.32. The molecule has 0 saturated carbocycles. The number of benzene rings is 2. The van der Waals surface area contributed by atoms with E-state index >= 15 is 0 Å². The lowest BCUT2D eigenvalue weighted by molar-refractivity contribution is -0.142. The van der Waals surface area contributed by atoms with E-state index in [1.165, 1.54) is 11.8 Å². The molecule has 0 heterocycles. The number of aliphatic carboxylic acids is 1. The molecule has 1 aliphatic rings. The third-order valence-electron chi connectivity index (χ3n) is 6.34. The van der Waals surface area contributed by atoms with Crippen LogP contribution in [0.4, 0.5) is 4.79 Å². The fraction of sp³-hybridized carbons (Fsp3) is 0.423. The van der Waals surface area contributed by atoms with Gasteiger partial charge in [-0.3, -0.25) is 4.79 Å². The average Bonchev–Trinajstić information content (AvgIpc) is 3.16. The molecule has 2 aromatic rings. The highest BCUT2D eigenvalue weighted by Crippen LogP contribution is 2.44. The summed E-state index contributed by atoms with van der Waals surface area (Å²) in [5.41, 5.74) is 4.47. The summed E-state index contributed by atoms with van der Waals surface area (Å²) in [6, 6.07) is 14.2. The quantitative estimate of drug-likeness (QED) is 0.440. The van der Waals surface area contributed by atoms with Crippen LogP contribution in [0.15, 0.2) is 48.5 Å². The molecule has 3 rings (SSSR count). The Labute approximate surface area is 204 Å². The van der Waals surface area contributed by atoms with Gasteiger partial charge in [-0.05, 0) is 46.6 Å². The van der Waals surface area contributed by atoms with E-state index in [0.717, 1.165) is 22.3 Å². The van der Waals surface area contributed by atoms with E-state index in [9.17, 15) is 19.5 Å². The van der Waals surface area contributed by atoms with Crippen LogP contribution in [0.1, 0.15) is 43.7 Å². The highest BCUT2D eigenvalue weighted by molar-refractivity contribution is 7.98. The Balaban J connectivity index is 1.66. The van der Waals surface area contributed by atoms with Crippen molar-refractivity contribution in [2.45, 2.75) is 44.7 Å². The molecule has 2 unspecified atom stereocenters. The van der Waals surface area contributed by atoms with Crippen molar-refractivity contribution >= 4 is 29.7 Å². The van der Waals surface area contributed by atoms with Crippen LogP contribution in [0, 0.1) is 5.92 Å². The number of carboxylic acids is 1. The molecule has 2 aromatic carbocycles. The number of carboxylic acid groups (broad SMARTS) is 1. The Morgan fingerprint density at radius 2 is 1.62 bits per heavy atom. The van der Waals surface area contributed by atoms with Crippen molar-refractivity contribution in [2.24, 2.45) is 5.92 Å². The minimum Gasteiger partial charge on any atom is -0.480 e. The minimum atomic E-state index is -1.09. The van der Waals surface area contributed by atoms with Crippen LogP contribution in [-0.4, -0.2) is 53.8 Å². The summed E-state index contributed by atoms with van der Waals surface area (Å²) in [6.07, 6.45) is 2.12. The van der Waals surface area contributed by atoms with Gasteiger partial charge in [-0.25, -0.2) is 9.59 Å². The normalized spacial score (nSPS) is 14.9. The van der Waals surface area contributed by atoms with E-state index in [4.69, 9.17) is 4.74 Å². The van der Waals surface area contributed by atoms with E-state index in [-0.39, 0.29) is 18.4 Å². The zero-order valence-electron chi connectivity index (χ0n) is 19.7. The van der Waals surface area contributed by atoms with Gasteiger partial charge in [0.15, 0.2) is 0 Å². The molecule has 0 fully saturated rings. The predicted octanol–water partition coefficient (Wildman–Crippen LogP) is 4.26. The van der Waals surface area contributed by atoms with Gasteiger partial charge in [-0.2, -0.15) is 11.8 Å². The van der Waals surface area contributed by atoms with Crippen molar-refractivity contribution in [1.29, 1.82) is 0 Å². The van der Waals surface area contributed by atoms with E-state index in [1.807, 2.05) is 56.5 Å². The maximum Gasteiger partial charge on any atom is 0.407 e. The topological polar surface area (TPSA) is 105 Å². The largest absolute Gasteiger partial charge is 0.480 e. The molecular weight excluding hydrogens is 452 g/mol. The molecule has 0 spiro atoms. The van der Waals surface area contributed by atoms with Crippen molar-refractivity contribution in [3.8, 4) is 11.1 Å². The average molecular weight is 485 g/mol. The number of rotatable bonds is 11. The third-order valence-corrected chi connectivity index (χ3v) is 6.98. The zero-order chi connectivity index (χ0) is 24.7. The lowest BCUT2D eigenvalue weighted by atomic mass is 9.97. The van der Waals surface area contributed by atoms with Crippen LogP contribution in [0.2, 0.25) is 0 Å². The van der Waals surface area contributed by atoms with Crippen LogP contribution in [0.3, 0.4) is 0 Å². The number of ether oxygens (including phenoxy) is 1. The van der Waals surface area contributed by atoms with Crippen molar-refractivity contribution in [2.75, 3.05) is 18.6 Å². The summed E-state index contributed by atoms with van der Waals surface area (Å²) in [6.45, 7) is 3.89. The molecule has 7 nitrogen and oxygen atoms in total. The Bertz CT molecular complexity index is 982. The van der Waals surface area contributed by atoms with Gasteiger partial charge in [-0.1, -0.05) is 68.8 Å². The van der Waals surface area contributed by atoms with Crippen LogP contribution >= 0.6 is 11.8 Å². The summed E-state index contributed by atoms with van der Waals surface area (Å²) in [7, 11) is 0. The Morgan fingerprint density at radius 3 is 2.15 bits per heavy atom. The first-order valence-electron chi connectivity index (χ1n) is 11.5. The number of nitrogens with one attached hydrogen (secondary N) is 2. The van der Waals surface area contributed by atoms with Crippen molar-refractivity contribution in [3.63, 3.8) is 0 Å². The first-order chi connectivity index (χ1) is 16.4. The van der Waals surface area contributed by atoms with Gasteiger partial charge in [-0.15, -0.1) is 0 Å². The van der Waals surface area contributed by atoms with Crippen LogP contribution in [0.25, 0.3) is 11.1 Å². The first kappa shape index (κ1) is 25.6. The number of amides is 2. The predicted molar refractivity (Wildman–Crippen MR) is 134 cm³/mol. The Hall–Kier alpha value is -3.00. The molecule has 0 aromatic heterocycles. The molecule has 0 saturated heterocycles. The van der Waals surface area contributed by atoms with E-state index < -0.39 is 30.1 Å². The second-order valence-electron chi connectivity index (χ2n) is 8.51. The lowest BCUT2D eigenvalue weighted by Crippen LogP contribution is -2.54. The summed E-state index contributed by atoms with van der Waals surface area (Å²) in [5.74, 6) is -1.29. The van der Waals surface area contributed by atoms with Crippen molar-refractivity contribution in [1.82, 2.24) is 10.6 Å². The second-order valence-corrected chi connectivity index (χ2v) is 9.50. The van der Waals surface area contributed by atoms with Gasteiger partial charge < -0.3 is 20.5 Å². The number of hydrogen-bond acceptors (Lipinski definition) is 5. The maximum absolute atomic E-state index is 12.9. The second kappa shape index (κ2) is 11.9. The van der Waals surface area contributed by atoms with Gasteiger partial charge in [0.1, 0.15) is 18.7 Å². The van der Waals surface area contributed by atoms with Gasteiger partial charge in [0, 0.05) is 5.92 Å². The zero-order valence-corrected chi connectivity index (χ0v) is 20.6. The summed E-state index contributed by atoms with van der Waals surface area (Å²) in [4.78, 5) is 37.2. The molecule has 0 aliphatic heterocycles. The number of carbonyl (C=O) groups is 3. The van der Waals surface area contributed by atoms with Crippen molar-refractivity contribution in [3.05, 3.63) is 59.7 Å². The van der Waals surface area contributed by atoms with Gasteiger partial charge in [0.25, 0.3) is 0 Å². The van der Waals surface area contributed by atoms with Crippen molar-refractivity contribution < 1.29 is 24.2 Å². The summed E-state index contributed by atoms with van der Waals surface area (Å²) in [5, 5.41) is 14.7. The molecule has 182 valence electrons.